The summed E-state index contributed by atoms with van der Waals surface area (Å²) >= 11 is 0. The number of benzene rings is 3. The molecule has 0 heterocycles. The van der Waals surface area contributed by atoms with Gasteiger partial charge >= 0.3 is 0 Å². The average molecular weight is 372 g/mol. The predicted molar refractivity (Wildman–Crippen MR) is 113 cm³/mol. The van der Waals surface area contributed by atoms with Crippen molar-refractivity contribution in [2.45, 2.75) is 19.0 Å². The molecular formula is C24H24N2O2. The fourth-order valence-corrected chi connectivity index (χ4v) is 3.23. The molecule has 0 aliphatic heterocycles. The molecule has 0 fully saturated rings. The average Bonchev–Trinajstić information content (AvgIpc) is 2.73. The van der Waals surface area contributed by atoms with Gasteiger partial charge < -0.3 is 10.2 Å². The van der Waals surface area contributed by atoms with Crippen molar-refractivity contribution in [3.05, 3.63) is 96.6 Å². The Morgan fingerprint density at radius 3 is 2.36 bits per heavy atom. The van der Waals surface area contributed by atoms with Gasteiger partial charge in [0, 0.05) is 20.0 Å². The van der Waals surface area contributed by atoms with Gasteiger partial charge in [0.05, 0.1) is 0 Å². The molecule has 0 saturated heterocycles. The van der Waals surface area contributed by atoms with Crippen LogP contribution in [0, 0.1) is 0 Å². The quantitative estimate of drug-likeness (QED) is 0.643. The largest absolute Gasteiger partial charge is 0.340 e. The number of carbonyl (C=O) groups is 2. The van der Waals surface area contributed by atoms with Crippen LogP contribution in [0.2, 0.25) is 0 Å². The van der Waals surface area contributed by atoms with Crippen molar-refractivity contribution >= 4 is 22.6 Å². The molecular weight excluding hydrogens is 348 g/mol. The van der Waals surface area contributed by atoms with Gasteiger partial charge in [-0.05, 0) is 28.0 Å². The van der Waals surface area contributed by atoms with Crippen molar-refractivity contribution in [2.24, 2.45) is 0 Å². The van der Waals surface area contributed by atoms with Crippen molar-refractivity contribution < 1.29 is 9.59 Å². The molecule has 0 spiro atoms. The Labute approximate surface area is 165 Å². The van der Waals surface area contributed by atoms with Crippen LogP contribution in [0.4, 0.5) is 0 Å². The van der Waals surface area contributed by atoms with E-state index in [9.17, 15) is 9.59 Å². The monoisotopic (exact) mass is 372 g/mol. The van der Waals surface area contributed by atoms with Crippen LogP contribution in [0.3, 0.4) is 0 Å². The second kappa shape index (κ2) is 9.00. The standard InChI is InChI=1S/C24H24N2O2/c1-3-23(27)25-22(24(28)26(2)17-18-9-5-4-6-10-18)16-19-13-14-20-11-7-8-12-21(20)15-19/h3-15,22H,1,16-17H2,2H3,(H,25,27)/t22-/m0/s1. The lowest BCUT2D eigenvalue weighted by Crippen LogP contribution is -2.47. The van der Waals surface area contributed by atoms with Crippen LogP contribution in [0.5, 0.6) is 0 Å². The van der Waals surface area contributed by atoms with Crippen LogP contribution in [0.15, 0.2) is 85.5 Å². The van der Waals surface area contributed by atoms with Gasteiger partial charge in [-0.25, -0.2) is 0 Å². The molecule has 1 N–H and O–H groups in total. The molecule has 2 amide bonds. The summed E-state index contributed by atoms with van der Waals surface area (Å²) in [5.74, 6) is -0.487. The van der Waals surface area contributed by atoms with Gasteiger partial charge in [-0.1, -0.05) is 79.4 Å². The van der Waals surface area contributed by atoms with E-state index < -0.39 is 6.04 Å². The SMILES string of the molecule is C=CC(=O)N[C@@H](Cc1ccc2ccccc2c1)C(=O)N(C)Cc1ccccc1. The van der Waals surface area contributed by atoms with E-state index in [0.717, 1.165) is 21.9 Å². The molecule has 0 saturated carbocycles. The molecule has 3 aromatic carbocycles. The fraction of sp³-hybridized carbons (Fsp3) is 0.167. The fourth-order valence-electron chi connectivity index (χ4n) is 3.23. The summed E-state index contributed by atoms with van der Waals surface area (Å²) in [5, 5.41) is 5.04. The first kappa shape index (κ1) is 19.4. The molecule has 0 aliphatic carbocycles. The van der Waals surface area contributed by atoms with E-state index >= 15 is 0 Å². The second-order valence-corrected chi connectivity index (χ2v) is 6.83. The zero-order chi connectivity index (χ0) is 19.9. The predicted octanol–water partition coefficient (Wildman–Crippen LogP) is 3.71. The summed E-state index contributed by atoms with van der Waals surface area (Å²) in [6, 6.07) is 23.3. The maximum absolute atomic E-state index is 13.0. The van der Waals surface area contributed by atoms with Crippen LogP contribution in [-0.4, -0.2) is 29.8 Å². The van der Waals surface area contributed by atoms with E-state index in [1.807, 2.05) is 60.7 Å². The molecule has 4 nitrogen and oxygen atoms in total. The van der Waals surface area contributed by atoms with E-state index in [4.69, 9.17) is 0 Å². The number of nitrogens with one attached hydrogen (secondary N) is 1. The van der Waals surface area contributed by atoms with Gasteiger partial charge in [0.15, 0.2) is 0 Å². The minimum absolute atomic E-state index is 0.132. The molecule has 3 rings (SSSR count). The van der Waals surface area contributed by atoms with E-state index in [0.29, 0.717) is 13.0 Å². The topological polar surface area (TPSA) is 49.4 Å². The second-order valence-electron chi connectivity index (χ2n) is 6.83. The maximum atomic E-state index is 13.0. The number of likely N-dealkylation sites (N-methyl/N-ethyl adjacent to an activating group) is 1. The number of fused-ring (bicyclic) bond motifs is 1. The highest BCUT2D eigenvalue weighted by Crippen LogP contribution is 2.17. The highest BCUT2D eigenvalue weighted by molar-refractivity contribution is 5.92. The number of hydrogen-bond donors (Lipinski definition) is 1. The lowest BCUT2D eigenvalue weighted by Gasteiger charge is -2.24. The van der Waals surface area contributed by atoms with Crippen LogP contribution in [0.1, 0.15) is 11.1 Å². The Balaban J connectivity index is 1.79. The van der Waals surface area contributed by atoms with Crippen molar-refractivity contribution in [1.82, 2.24) is 10.2 Å². The summed E-state index contributed by atoms with van der Waals surface area (Å²) in [7, 11) is 1.75. The van der Waals surface area contributed by atoms with E-state index in [1.54, 1.807) is 11.9 Å². The summed E-state index contributed by atoms with van der Waals surface area (Å²) in [5.41, 5.74) is 2.03. The van der Waals surface area contributed by atoms with Gasteiger partial charge in [-0.15, -0.1) is 0 Å². The van der Waals surface area contributed by atoms with E-state index in [-0.39, 0.29) is 11.8 Å². The molecule has 28 heavy (non-hydrogen) atoms. The highest BCUT2D eigenvalue weighted by Gasteiger charge is 2.24. The molecule has 0 aromatic heterocycles. The maximum Gasteiger partial charge on any atom is 0.245 e. The Bertz CT molecular complexity index is 982. The molecule has 1 atom stereocenters. The summed E-state index contributed by atoms with van der Waals surface area (Å²) < 4.78 is 0. The Morgan fingerprint density at radius 1 is 0.964 bits per heavy atom. The summed E-state index contributed by atoms with van der Waals surface area (Å²) in [6.45, 7) is 3.98. The number of hydrogen-bond acceptors (Lipinski definition) is 2. The molecule has 142 valence electrons. The van der Waals surface area contributed by atoms with Gasteiger partial charge in [-0.3, -0.25) is 9.59 Å². The van der Waals surface area contributed by atoms with Gasteiger partial charge in [0.2, 0.25) is 11.8 Å². The van der Waals surface area contributed by atoms with Gasteiger partial charge in [0.1, 0.15) is 6.04 Å². The smallest absolute Gasteiger partial charge is 0.245 e. The first-order valence-corrected chi connectivity index (χ1v) is 9.26. The first-order chi connectivity index (χ1) is 13.6. The van der Waals surface area contributed by atoms with E-state index in [2.05, 4.69) is 24.0 Å². The summed E-state index contributed by atoms with van der Waals surface area (Å²) in [6.07, 6.45) is 1.61. The Kier molecular flexibility index (Phi) is 6.22. The third kappa shape index (κ3) is 4.86. The van der Waals surface area contributed by atoms with Crippen LogP contribution >= 0.6 is 0 Å². The lowest BCUT2D eigenvalue weighted by atomic mass is 10.0. The van der Waals surface area contributed by atoms with Gasteiger partial charge in [-0.2, -0.15) is 0 Å². The Morgan fingerprint density at radius 2 is 1.64 bits per heavy atom. The number of nitrogens with zero attached hydrogens (tertiary/aromatic N) is 1. The van der Waals surface area contributed by atoms with Gasteiger partial charge in [0.25, 0.3) is 0 Å². The minimum atomic E-state index is -0.652. The highest BCUT2D eigenvalue weighted by atomic mass is 16.2. The van der Waals surface area contributed by atoms with E-state index in [1.165, 1.54) is 6.08 Å². The lowest BCUT2D eigenvalue weighted by molar-refractivity contribution is -0.134. The molecule has 0 aliphatic rings. The van der Waals surface area contributed by atoms with Crippen molar-refractivity contribution in [1.29, 1.82) is 0 Å². The molecule has 4 heteroatoms. The van der Waals surface area contributed by atoms with Crippen molar-refractivity contribution in [3.8, 4) is 0 Å². The zero-order valence-electron chi connectivity index (χ0n) is 16.0. The summed E-state index contributed by atoms with van der Waals surface area (Å²) in [4.78, 5) is 26.6. The number of amides is 2. The molecule has 0 unspecified atom stereocenters. The van der Waals surface area contributed by atoms with Crippen molar-refractivity contribution in [3.63, 3.8) is 0 Å². The number of carbonyl (C=O) groups excluding carboxylic acids is 2. The molecule has 0 radical (unpaired) electrons. The Hall–Kier alpha value is -3.40. The minimum Gasteiger partial charge on any atom is -0.340 e. The zero-order valence-corrected chi connectivity index (χ0v) is 16.0. The third-order valence-corrected chi connectivity index (χ3v) is 4.69. The molecule has 0 bridgehead atoms. The first-order valence-electron chi connectivity index (χ1n) is 9.26. The van der Waals surface area contributed by atoms with Crippen LogP contribution < -0.4 is 5.32 Å². The van der Waals surface area contributed by atoms with Crippen molar-refractivity contribution in [2.75, 3.05) is 7.05 Å². The number of rotatable bonds is 7. The molecule has 3 aromatic rings. The third-order valence-electron chi connectivity index (χ3n) is 4.69. The van der Waals surface area contributed by atoms with Crippen LogP contribution in [0.25, 0.3) is 10.8 Å². The normalized spacial score (nSPS) is 11.6. The van der Waals surface area contributed by atoms with Crippen LogP contribution in [-0.2, 0) is 22.6 Å².